The molecular formula is C43H58N4O6. The number of carbonyl (C=O) groups excluding carboxylic acids is 6. The summed E-state index contributed by atoms with van der Waals surface area (Å²) >= 11 is 0. The van der Waals surface area contributed by atoms with E-state index in [1.165, 1.54) is 18.6 Å². The lowest BCUT2D eigenvalue weighted by Crippen LogP contribution is -2.58. The number of hydrogen-bond donors (Lipinski definition) is 1. The molecule has 2 aliphatic carbocycles. The lowest BCUT2D eigenvalue weighted by Gasteiger charge is -2.38. The van der Waals surface area contributed by atoms with Crippen LogP contribution in [0.1, 0.15) is 127 Å². The van der Waals surface area contributed by atoms with Gasteiger partial charge in [0.15, 0.2) is 17.3 Å². The van der Waals surface area contributed by atoms with Crippen molar-refractivity contribution < 1.29 is 28.8 Å². The van der Waals surface area contributed by atoms with Gasteiger partial charge in [-0.1, -0.05) is 90.1 Å². The molecule has 10 heteroatoms. The van der Waals surface area contributed by atoms with Crippen molar-refractivity contribution >= 4 is 34.9 Å². The van der Waals surface area contributed by atoms with Crippen LogP contribution >= 0.6 is 0 Å². The van der Waals surface area contributed by atoms with Gasteiger partial charge in [0.2, 0.25) is 17.6 Å². The number of benzene rings is 1. The Bertz CT molecular complexity index is 1600. The number of Topliss-reactive ketones (excluding diaryl/α,β-unsaturated/α-hetero) is 4. The molecule has 1 aliphatic heterocycles. The number of likely N-dealkylation sites (tertiary alicyclic amines) is 1. The number of ketones is 4. The lowest BCUT2D eigenvalue weighted by atomic mass is 9.76. The lowest BCUT2D eigenvalue weighted by molar-refractivity contribution is -0.146. The standard InChI is InChI=1S/C43H58N4O6/c1-5-13-30(39(51)35(48)21-20-28-14-8-6-9-15-28)24-37(50)38-32-19-12-18-31(32)27-47(38)42(53)40(43(2,3)4)46-41(52)33(29-16-10-7-11-17-29)25-36(49)34-26-44-22-23-45-34/h6,8-9,14-15,22-23,26,29-33,38,40H,5,7,10-13,16-21,24-25,27H2,1-4H3,(H,46,52)/t30-,31?,32-,33+,38-,40+/m0/s1. The molecule has 6 atom stereocenters. The molecule has 2 saturated carbocycles. The molecule has 0 radical (unpaired) electrons. The van der Waals surface area contributed by atoms with E-state index >= 15 is 0 Å². The summed E-state index contributed by atoms with van der Waals surface area (Å²) in [5, 5.41) is 3.11. The van der Waals surface area contributed by atoms with Gasteiger partial charge in [-0.05, 0) is 67.3 Å². The van der Waals surface area contributed by atoms with Crippen LogP contribution in [0.2, 0.25) is 0 Å². The first-order chi connectivity index (χ1) is 25.4. The first-order valence-corrected chi connectivity index (χ1v) is 19.9. The van der Waals surface area contributed by atoms with Gasteiger partial charge in [0.25, 0.3) is 0 Å². The summed E-state index contributed by atoms with van der Waals surface area (Å²) in [6.07, 6.45) is 13.3. The second-order valence-corrected chi connectivity index (χ2v) is 16.7. The predicted octanol–water partition coefficient (Wildman–Crippen LogP) is 6.55. The quantitative estimate of drug-likeness (QED) is 0.143. The van der Waals surface area contributed by atoms with E-state index < -0.39 is 40.9 Å². The van der Waals surface area contributed by atoms with Gasteiger partial charge < -0.3 is 10.2 Å². The van der Waals surface area contributed by atoms with Crippen LogP contribution in [0.5, 0.6) is 0 Å². The van der Waals surface area contributed by atoms with E-state index in [1.54, 1.807) is 4.90 Å². The third kappa shape index (κ3) is 10.1. The van der Waals surface area contributed by atoms with Crippen LogP contribution in [0.4, 0.5) is 0 Å². The Morgan fingerprint density at radius 2 is 1.64 bits per heavy atom. The van der Waals surface area contributed by atoms with Crippen molar-refractivity contribution in [2.45, 2.75) is 130 Å². The minimum absolute atomic E-state index is 0.00370. The van der Waals surface area contributed by atoms with Gasteiger partial charge in [-0.3, -0.25) is 33.8 Å². The zero-order chi connectivity index (χ0) is 38.1. The second kappa shape index (κ2) is 18.3. The van der Waals surface area contributed by atoms with Crippen molar-refractivity contribution in [2.75, 3.05) is 6.54 Å². The molecule has 3 aliphatic rings. The highest BCUT2D eigenvalue weighted by Gasteiger charge is 2.52. The number of amides is 2. The Balaban J connectivity index is 1.34. The number of aryl methyl sites for hydroxylation is 1. The molecule has 3 fully saturated rings. The van der Waals surface area contributed by atoms with Gasteiger partial charge in [-0.15, -0.1) is 0 Å². The summed E-state index contributed by atoms with van der Waals surface area (Å²) in [6, 6.07) is 7.92. The summed E-state index contributed by atoms with van der Waals surface area (Å²) < 4.78 is 0. The maximum Gasteiger partial charge on any atom is 0.246 e. The molecule has 2 heterocycles. The van der Waals surface area contributed by atoms with Crippen LogP contribution in [0.3, 0.4) is 0 Å². The number of rotatable bonds is 17. The smallest absolute Gasteiger partial charge is 0.246 e. The van der Waals surface area contributed by atoms with Crippen molar-refractivity contribution in [2.24, 2.45) is 35.0 Å². The van der Waals surface area contributed by atoms with Gasteiger partial charge >= 0.3 is 0 Å². The summed E-state index contributed by atoms with van der Waals surface area (Å²) in [5.74, 6) is -3.23. The molecule has 1 aromatic heterocycles. The van der Waals surface area contributed by atoms with Gasteiger partial charge in [0.1, 0.15) is 11.7 Å². The molecule has 2 aromatic rings. The molecule has 1 saturated heterocycles. The highest BCUT2D eigenvalue weighted by Crippen LogP contribution is 2.44. The van der Waals surface area contributed by atoms with Gasteiger partial charge in [0, 0.05) is 50.0 Å². The van der Waals surface area contributed by atoms with E-state index in [9.17, 15) is 28.8 Å². The zero-order valence-electron chi connectivity index (χ0n) is 32.1. The Morgan fingerprint density at radius 3 is 2.30 bits per heavy atom. The van der Waals surface area contributed by atoms with Crippen molar-refractivity contribution in [3.63, 3.8) is 0 Å². The summed E-state index contributed by atoms with van der Waals surface area (Å²) in [6.45, 7) is 8.07. The van der Waals surface area contributed by atoms with E-state index in [0.29, 0.717) is 25.8 Å². The van der Waals surface area contributed by atoms with Gasteiger partial charge in [-0.2, -0.15) is 0 Å². The number of hydrogen-bond acceptors (Lipinski definition) is 8. The highest BCUT2D eigenvalue weighted by molar-refractivity contribution is 6.38. The fourth-order valence-corrected chi connectivity index (χ4v) is 9.06. The topological polar surface area (TPSA) is 143 Å². The second-order valence-electron chi connectivity index (χ2n) is 16.7. The molecular weight excluding hydrogens is 668 g/mol. The normalized spacial score (nSPS) is 22.0. The zero-order valence-corrected chi connectivity index (χ0v) is 32.1. The van der Waals surface area contributed by atoms with Crippen LogP contribution < -0.4 is 5.32 Å². The molecule has 1 N–H and O–H groups in total. The summed E-state index contributed by atoms with van der Waals surface area (Å²) in [5.41, 5.74) is 0.495. The highest BCUT2D eigenvalue weighted by atomic mass is 16.2. The fourth-order valence-electron chi connectivity index (χ4n) is 9.06. The monoisotopic (exact) mass is 726 g/mol. The summed E-state index contributed by atoms with van der Waals surface area (Å²) in [4.78, 5) is 93.2. The molecule has 5 rings (SSSR count). The van der Waals surface area contributed by atoms with Crippen LogP contribution in [-0.4, -0.2) is 68.4 Å². The Hall–Kier alpha value is -4.08. The SMILES string of the molecule is CCC[C@@H](CC(=O)[C@@H]1[C@H]2CCCC2CN1C(=O)[C@@H](NC(=O)[C@H](CC(=O)c1cnccn1)C1CCCCC1)C(C)(C)C)C(=O)C(=O)CCc1ccccc1. The fraction of sp³-hybridized carbons (Fsp3) is 0.628. The molecule has 10 nitrogen and oxygen atoms in total. The number of fused-ring (bicyclic) bond motifs is 1. The Labute approximate surface area is 314 Å². The van der Waals surface area contributed by atoms with E-state index in [0.717, 1.165) is 56.9 Å². The molecule has 1 aromatic carbocycles. The Morgan fingerprint density at radius 1 is 0.906 bits per heavy atom. The van der Waals surface area contributed by atoms with Gasteiger partial charge in [0.05, 0.1) is 12.2 Å². The molecule has 286 valence electrons. The Kier molecular flexibility index (Phi) is 13.9. The third-order valence-corrected chi connectivity index (χ3v) is 11.9. The van der Waals surface area contributed by atoms with Crippen LogP contribution in [0, 0.1) is 35.0 Å². The number of aromatic nitrogens is 2. The first kappa shape index (κ1) is 40.1. The van der Waals surface area contributed by atoms with E-state index in [-0.39, 0.29) is 66.1 Å². The van der Waals surface area contributed by atoms with Crippen molar-refractivity contribution in [1.82, 2.24) is 20.2 Å². The van der Waals surface area contributed by atoms with Crippen LogP contribution in [0.25, 0.3) is 0 Å². The summed E-state index contributed by atoms with van der Waals surface area (Å²) in [7, 11) is 0. The first-order valence-electron chi connectivity index (χ1n) is 19.9. The largest absolute Gasteiger partial charge is 0.344 e. The average Bonchev–Trinajstić information content (AvgIpc) is 3.77. The van der Waals surface area contributed by atoms with E-state index in [1.807, 2.05) is 58.0 Å². The van der Waals surface area contributed by atoms with Crippen LogP contribution in [-0.2, 0) is 30.4 Å². The predicted molar refractivity (Wildman–Crippen MR) is 202 cm³/mol. The maximum absolute atomic E-state index is 14.7. The minimum atomic E-state index is -0.936. The minimum Gasteiger partial charge on any atom is -0.344 e. The van der Waals surface area contributed by atoms with E-state index in [4.69, 9.17) is 0 Å². The molecule has 2 amide bonds. The molecule has 0 bridgehead atoms. The molecule has 53 heavy (non-hydrogen) atoms. The van der Waals surface area contributed by atoms with Gasteiger partial charge in [-0.25, -0.2) is 4.98 Å². The molecule has 0 spiro atoms. The van der Waals surface area contributed by atoms with Crippen molar-refractivity contribution in [3.8, 4) is 0 Å². The van der Waals surface area contributed by atoms with Crippen LogP contribution in [0.15, 0.2) is 48.9 Å². The van der Waals surface area contributed by atoms with Crippen molar-refractivity contribution in [3.05, 3.63) is 60.2 Å². The van der Waals surface area contributed by atoms with Crippen molar-refractivity contribution in [1.29, 1.82) is 0 Å². The maximum atomic E-state index is 14.7. The molecule has 1 unspecified atom stereocenters. The average molecular weight is 727 g/mol. The van der Waals surface area contributed by atoms with E-state index in [2.05, 4.69) is 15.3 Å². The number of nitrogens with zero attached hydrogens (tertiary/aromatic N) is 3. The number of carbonyl (C=O) groups is 6. The third-order valence-electron chi connectivity index (χ3n) is 11.9. The number of nitrogens with one attached hydrogen (secondary N) is 1.